The zero-order chi connectivity index (χ0) is 8.55. The molecule has 0 aromatic carbocycles. The number of hydrogen-bond donors (Lipinski definition) is 0. The van der Waals surface area contributed by atoms with E-state index in [1.165, 1.54) is 16.7 Å². The molecule has 12 heavy (non-hydrogen) atoms. The fourth-order valence-electron chi connectivity index (χ4n) is 1.47. The number of hydrogen-bond acceptors (Lipinski definition) is 0. The van der Waals surface area contributed by atoms with Crippen LogP contribution in [0.4, 0.5) is 0 Å². The van der Waals surface area contributed by atoms with Crippen LogP contribution in [0.5, 0.6) is 0 Å². The zero-order valence-electron chi connectivity index (χ0n) is 7.29. The van der Waals surface area contributed by atoms with Crippen LogP contribution in [0.15, 0.2) is 47.1 Å². The van der Waals surface area contributed by atoms with Gasteiger partial charge in [-0.1, -0.05) is 12.2 Å². The first-order valence-corrected chi connectivity index (χ1v) is 4.01. The van der Waals surface area contributed by atoms with Crippen LogP contribution in [-0.2, 0) is 4.42 Å². The van der Waals surface area contributed by atoms with Gasteiger partial charge in [0.2, 0.25) is 0 Å². The molecule has 0 spiro atoms. The van der Waals surface area contributed by atoms with Gasteiger partial charge < -0.3 is 0 Å². The molecule has 0 aliphatic heterocycles. The summed E-state index contributed by atoms with van der Waals surface area (Å²) in [4.78, 5) is 0. The van der Waals surface area contributed by atoms with Gasteiger partial charge in [0.15, 0.2) is 0 Å². The average molecular weight is 159 g/mol. The maximum absolute atomic E-state index is 5.13. The van der Waals surface area contributed by atoms with Gasteiger partial charge in [0.25, 0.3) is 7.11 Å². The lowest BCUT2D eigenvalue weighted by atomic mass is 10.0. The lowest BCUT2D eigenvalue weighted by Crippen LogP contribution is -1.98. The van der Waals surface area contributed by atoms with E-state index in [-0.39, 0.29) is 0 Å². The number of ketones is 1. The first-order valence-electron chi connectivity index (χ1n) is 4.01. The first kappa shape index (κ1) is 7.29. The van der Waals surface area contributed by atoms with Crippen LogP contribution >= 0.6 is 0 Å². The van der Waals surface area contributed by atoms with Crippen LogP contribution in [-0.4, -0.2) is 12.9 Å². The molecule has 0 aromatic rings. The molecule has 2 rings (SSSR count). The minimum absolute atomic E-state index is 0.924. The van der Waals surface area contributed by atoms with Crippen molar-refractivity contribution in [2.45, 2.75) is 6.92 Å². The van der Waals surface area contributed by atoms with E-state index in [1.54, 1.807) is 7.11 Å². The van der Waals surface area contributed by atoms with E-state index in [2.05, 4.69) is 31.2 Å². The molecule has 0 fully saturated rings. The molecule has 60 valence electrons. The highest BCUT2D eigenvalue weighted by molar-refractivity contribution is 6.03. The minimum Gasteiger partial charge on any atom is -0.258 e. The molecule has 2 aliphatic carbocycles. The summed E-state index contributed by atoms with van der Waals surface area (Å²) in [5, 5.41) is 0. The first-order chi connectivity index (χ1) is 5.79. The molecule has 1 heteroatoms. The smallest absolute Gasteiger partial charge is 0.258 e. The van der Waals surface area contributed by atoms with E-state index >= 15 is 0 Å². The highest BCUT2D eigenvalue weighted by atomic mass is 16.4. The van der Waals surface area contributed by atoms with E-state index in [4.69, 9.17) is 4.42 Å². The van der Waals surface area contributed by atoms with Crippen LogP contribution in [0, 0.1) is 0 Å². The highest BCUT2D eigenvalue weighted by Gasteiger charge is 2.15. The van der Waals surface area contributed by atoms with Crippen molar-refractivity contribution < 1.29 is 4.42 Å². The maximum Gasteiger partial charge on any atom is 0.343 e. The second-order valence-corrected chi connectivity index (χ2v) is 3.03. The van der Waals surface area contributed by atoms with Gasteiger partial charge in [-0.25, -0.2) is 0 Å². The fourth-order valence-corrected chi connectivity index (χ4v) is 1.47. The van der Waals surface area contributed by atoms with Crippen LogP contribution in [0.25, 0.3) is 0 Å². The Morgan fingerprint density at radius 1 is 1.00 bits per heavy atom. The summed E-state index contributed by atoms with van der Waals surface area (Å²) in [7, 11) is 1.69. The molecule has 0 saturated carbocycles. The van der Waals surface area contributed by atoms with Crippen LogP contribution in [0.1, 0.15) is 6.92 Å². The number of allylic oxidation sites excluding steroid dienone is 8. The Morgan fingerprint density at radius 3 is 2.58 bits per heavy atom. The van der Waals surface area contributed by atoms with Gasteiger partial charge in [0, 0.05) is 12.2 Å². The second kappa shape index (κ2) is 2.59. The quantitative estimate of drug-likeness (QED) is 0.479. The third-order valence-corrected chi connectivity index (χ3v) is 2.06. The van der Waals surface area contributed by atoms with Gasteiger partial charge >= 0.3 is 5.78 Å². The molecule has 0 N–H and O–H groups in total. The third kappa shape index (κ3) is 1.07. The second-order valence-electron chi connectivity index (χ2n) is 3.03. The molecule has 0 unspecified atom stereocenters. The van der Waals surface area contributed by atoms with Crippen LogP contribution in [0.3, 0.4) is 0 Å². The summed E-state index contributed by atoms with van der Waals surface area (Å²) >= 11 is 0. The Hall–Kier alpha value is -1.37. The highest BCUT2D eigenvalue weighted by Crippen LogP contribution is 2.26. The monoisotopic (exact) mass is 159 g/mol. The molecule has 0 radical (unpaired) electrons. The molecule has 1 nitrogen and oxygen atoms in total. The Kier molecular flexibility index (Phi) is 1.58. The fraction of sp³-hybridized carbons (Fsp3) is 0.182. The van der Waals surface area contributed by atoms with Gasteiger partial charge in [-0.05, 0) is 29.7 Å². The number of rotatable bonds is 0. The van der Waals surface area contributed by atoms with E-state index in [1.807, 2.05) is 6.08 Å². The van der Waals surface area contributed by atoms with Crippen molar-refractivity contribution in [1.29, 1.82) is 0 Å². The summed E-state index contributed by atoms with van der Waals surface area (Å²) in [5.41, 5.74) is 3.85. The van der Waals surface area contributed by atoms with E-state index in [0.717, 1.165) is 5.78 Å². The standard InChI is InChI=1S/C11H11O/c1-8-5-9-3-4-11(12-2)7-10(9)6-8/h3-7H,1-2H3/q+1. The molecule has 0 amide bonds. The topological polar surface area (TPSA) is 11.3 Å². The third-order valence-electron chi connectivity index (χ3n) is 2.06. The normalized spacial score (nSPS) is 23.5. The van der Waals surface area contributed by atoms with Crippen molar-refractivity contribution >= 4 is 5.78 Å². The molecular formula is C11H11O+. The van der Waals surface area contributed by atoms with E-state index in [9.17, 15) is 0 Å². The van der Waals surface area contributed by atoms with Crippen molar-refractivity contribution in [1.82, 2.24) is 0 Å². The molecular weight excluding hydrogens is 148 g/mol. The maximum atomic E-state index is 5.13. The molecule has 2 aliphatic rings. The summed E-state index contributed by atoms with van der Waals surface area (Å²) < 4.78 is 5.13. The van der Waals surface area contributed by atoms with Gasteiger partial charge in [0.1, 0.15) is 0 Å². The van der Waals surface area contributed by atoms with E-state index in [0.29, 0.717) is 0 Å². The van der Waals surface area contributed by atoms with Gasteiger partial charge in [-0.2, -0.15) is 0 Å². The minimum atomic E-state index is 0.924. The molecule has 0 heterocycles. The SMILES string of the molecule is C[O+]=C1C=CC2=CC(C)=CC2=C1. The summed E-state index contributed by atoms with van der Waals surface area (Å²) in [6.45, 7) is 2.10. The van der Waals surface area contributed by atoms with Gasteiger partial charge in [-0.3, -0.25) is 4.42 Å². The van der Waals surface area contributed by atoms with Crippen molar-refractivity contribution in [3.05, 3.63) is 47.1 Å². The van der Waals surface area contributed by atoms with Gasteiger partial charge in [-0.15, -0.1) is 0 Å². The molecule has 0 atom stereocenters. The van der Waals surface area contributed by atoms with Crippen molar-refractivity contribution in [3.8, 4) is 0 Å². The lowest BCUT2D eigenvalue weighted by molar-refractivity contribution is -0.417. The predicted octanol–water partition coefficient (Wildman–Crippen LogP) is 2.10. The van der Waals surface area contributed by atoms with Crippen LogP contribution in [0.2, 0.25) is 0 Å². The van der Waals surface area contributed by atoms with Crippen molar-refractivity contribution in [3.63, 3.8) is 0 Å². The average Bonchev–Trinajstić information content (AvgIpc) is 2.43. The summed E-state index contributed by atoms with van der Waals surface area (Å²) in [5.74, 6) is 0.924. The molecule has 0 saturated heterocycles. The van der Waals surface area contributed by atoms with Crippen molar-refractivity contribution in [2.24, 2.45) is 0 Å². The Bertz CT molecular complexity index is 362. The Morgan fingerprint density at radius 2 is 1.83 bits per heavy atom. The lowest BCUT2D eigenvalue weighted by Gasteiger charge is -1.99. The Labute approximate surface area is 72.1 Å². The molecule has 0 bridgehead atoms. The largest absolute Gasteiger partial charge is 0.343 e. The Balaban J connectivity index is 2.46. The summed E-state index contributed by atoms with van der Waals surface area (Å²) in [6, 6.07) is 0. The zero-order valence-corrected chi connectivity index (χ0v) is 7.29. The predicted molar refractivity (Wildman–Crippen MR) is 50.0 cm³/mol. The van der Waals surface area contributed by atoms with Crippen LogP contribution < -0.4 is 0 Å². The number of carbonyl (C=O) groups excluding carboxylic acids is 1. The van der Waals surface area contributed by atoms with Crippen molar-refractivity contribution in [2.75, 3.05) is 7.11 Å². The van der Waals surface area contributed by atoms with E-state index < -0.39 is 0 Å². The molecule has 0 aromatic heterocycles. The number of fused-ring (bicyclic) bond motifs is 1. The summed E-state index contributed by atoms with van der Waals surface area (Å²) in [6.07, 6.45) is 10.5. The van der Waals surface area contributed by atoms with Gasteiger partial charge in [0.05, 0.1) is 0 Å².